The van der Waals surface area contributed by atoms with E-state index in [1.807, 2.05) is 115 Å². The van der Waals surface area contributed by atoms with E-state index in [1.165, 1.54) is 0 Å². The summed E-state index contributed by atoms with van der Waals surface area (Å²) in [6.07, 6.45) is 7.26. The van der Waals surface area contributed by atoms with Crippen LogP contribution in [0.1, 0.15) is 128 Å². The van der Waals surface area contributed by atoms with E-state index in [0.29, 0.717) is 91.5 Å². The van der Waals surface area contributed by atoms with Crippen LogP contribution in [0.2, 0.25) is 0 Å². The van der Waals surface area contributed by atoms with Crippen molar-refractivity contribution in [3.8, 4) is 20.9 Å². The Labute approximate surface area is 481 Å². The van der Waals surface area contributed by atoms with Crippen LogP contribution in [0.4, 0.5) is 0 Å². The lowest BCUT2D eigenvalue weighted by Crippen LogP contribution is -2.58. The van der Waals surface area contributed by atoms with Crippen LogP contribution >= 0.6 is 22.7 Å². The van der Waals surface area contributed by atoms with E-state index in [1.54, 1.807) is 32.5 Å². The van der Waals surface area contributed by atoms with Gasteiger partial charge in [-0.05, 0) is 111 Å². The minimum Gasteiger partial charge on any atom is -0.381 e. The van der Waals surface area contributed by atoms with Gasteiger partial charge in [-0.15, -0.1) is 22.7 Å². The van der Waals surface area contributed by atoms with Crippen molar-refractivity contribution >= 4 is 58.1 Å². The van der Waals surface area contributed by atoms with Gasteiger partial charge in [0, 0.05) is 65.8 Å². The zero-order valence-electron chi connectivity index (χ0n) is 48.3. The molecular weight excluding hydrogens is 1060 g/mol. The summed E-state index contributed by atoms with van der Waals surface area (Å²) < 4.78 is 22.9. The van der Waals surface area contributed by atoms with Crippen molar-refractivity contribution in [2.45, 2.75) is 157 Å². The van der Waals surface area contributed by atoms with Gasteiger partial charge >= 0.3 is 0 Å². The van der Waals surface area contributed by atoms with Crippen molar-refractivity contribution in [3.63, 3.8) is 0 Å². The number of thiazole rings is 2. The molecule has 20 heteroatoms. The zero-order valence-corrected chi connectivity index (χ0v) is 50.0. The molecule has 0 spiro atoms. The van der Waals surface area contributed by atoms with Crippen molar-refractivity contribution < 1.29 is 47.7 Å². The fourth-order valence-electron chi connectivity index (χ4n) is 9.72. The van der Waals surface area contributed by atoms with Crippen LogP contribution in [0.25, 0.3) is 20.9 Å². The predicted molar refractivity (Wildman–Crippen MR) is 311 cm³/mol. The highest BCUT2D eigenvalue weighted by atomic mass is 32.1. The first-order valence-electron chi connectivity index (χ1n) is 28.4. The van der Waals surface area contributed by atoms with Gasteiger partial charge in [0.2, 0.25) is 35.4 Å². The number of nitrogens with one attached hydrogen (secondary N) is 4. The molecule has 2 aliphatic heterocycles. The summed E-state index contributed by atoms with van der Waals surface area (Å²) in [7, 11) is 0. The van der Waals surface area contributed by atoms with Gasteiger partial charge in [-0.3, -0.25) is 28.8 Å². The molecule has 80 heavy (non-hydrogen) atoms. The summed E-state index contributed by atoms with van der Waals surface area (Å²) >= 11 is 3.19. The molecule has 2 aromatic carbocycles. The number of unbranched alkanes of at least 4 members (excludes halogenated alkanes) is 3. The first-order valence-corrected chi connectivity index (χ1v) is 30.1. The SMILES string of the molecule is Cc1ncsc1-c1ccc(CNC(=O)[C@@H]2CCCN2C(=O)[C@@H](NC(=O)COCCCCOCCCCOCCCCOCC(=O)N[C@H](C(=O)N2CCC[C@H]2C(=O)NCc2ccc(-c3scnc3C)cc2)C(C)(C)C)C(C)(C)C)cc1. The average Bonchev–Trinajstić information content (AvgIpc) is 4.34. The van der Waals surface area contributed by atoms with Gasteiger partial charge in [0.1, 0.15) is 37.4 Å². The van der Waals surface area contributed by atoms with Gasteiger partial charge < -0.3 is 50.0 Å². The van der Waals surface area contributed by atoms with Crippen molar-refractivity contribution in [2.24, 2.45) is 10.8 Å². The fraction of sp³-hybridized carbons (Fsp3) is 0.600. The van der Waals surface area contributed by atoms with Crippen molar-refractivity contribution in [1.29, 1.82) is 0 Å². The number of ether oxygens (including phenoxy) is 4. The average molecular weight is 1140 g/mol. The normalized spacial score (nSPS) is 16.4. The third kappa shape index (κ3) is 19.5. The molecule has 0 radical (unpaired) electrons. The maximum Gasteiger partial charge on any atom is 0.246 e. The molecule has 4 heterocycles. The van der Waals surface area contributed by atoms with Gasteiger partial charge in [0.05, 0.1) is 32.2 Å². The highest BCUT2D eigenvalue weighted by molar-refractivity contribution is 7.13. The quantitative estimate of drug-likeness (QED) is 0.0353. The molecular formula is C60H86N8O10S2. The van der Waals surface area contributed by atoms with E-state index in [-0.39, 0.29) is 48.7 Å². The molecule has 2 aliphatic rings. The number of hydrogen-bond donors (Lipinski definition) is 4. The Bertz CT molecular complexity index is 2430. The zero-order chi connectivity index (χ0) is 57.7. The number of aryl methyl sites for hydroxylation is 2. The van der Waals surface area contributed by atoms with Crippen LogP contribution in [-0.2, 0) is 60.8 Å². The number of carbonyl (C=O) groups is 6. The van der Waals surface area contributed by atoms with Crippen LogP contribution in [-0.4, -0.2) is 145 Å². The molecule has 0 aliphatic carbocycles. The smallest absolute Gasteiger partial charge is 0.246 e. The minimum atomic E-state index is -0.824. The molecule has 4 atom stereocenters. The summed E-state index contributed by atoms with van der Waals surface area (Å²) in [6.45, 7) is 19.8. The molecule has 438 valence electrons. The summed E-state index contributed by atoms with van der Waals surface area (Å²) in [5.41, 5.74) is 8.53. The van der Waals surface area contributed by atoms with E-state index >= 15 is 0 Å². The topological polar surface area (TPSA) is 220 Å². The number of hydrogen-bond acceptors (Lipinski definition) is 14. The third-order valence-electron chi connectivity index (χ3n) is 14.3. The maximum atomic E-state index is 13.9. The second-order valence-electron chi connectivity index (χ2n) is 22.9. The lowest BCUT2D eigenvalue weighted by molar-refractivity contribution is -0.144. The number of benzene rings is 2. The van der Waals surface area contributed by atoms with Gasteiger partial charge in [-0.25, -0.2) is 9.97 Å². The highest BCUT2D eigenvalue weighted by Crippen LogP contribution is 2.31. The van der Waals surface area contributed by atoms with E-state index in [2.05, 4.69) is 31.2 Å². The first-order chi connectivity index (χ1) is 38.3. The summed E-state index contributed by atoms with van der Waals surface area (Å²) in [5.74, 6) is -1.70. The molecule has 4 N–H and O–H groups in total. The predicted octanol–water partition coefficient (Wildman–Crippen LogP) is 7.93. The van der Waals surface area contributed by atoms with Crippen LogP contribution < -0.4 is 21.3 Å². The molecule has 2 aromatic heterocycles. The Balaban J connectivity index is 0.750. The van der Waals surface area contributed by atoms with Gasteiger partial charge in [-0.1, -0.05) is 90.1 Å². The third-order valence-corrected chi connectivity index (χ3v) is 16.3. The molecule has 2 fully saturated rings. The second-order valence-corrected chi connectivity index (χ2v) is 24.6. The molecule has 0 saturated carbocycles. The minimum absolute atomic E-state index is 0.171. The van der Waals surface area contributed by atoms with E-state index in [0.717, 1.165) is 81.9 Å². The first kappa shape index (κ1) is 63.5. The van der Waals surface area contributed by atoms with Gasteiger partial charge in [0.15, 0.2) is 0 Å². The van der Waals surface area contributed by atoms with E-state index < -0.39 is 35.0 Å². The Morgan fingerprint density at radius 2 is 0.875 bits per heavy atom. The lowest BCUT2D eigenvalue weighted by atomic mass is 9.85. The monoisotopic (exact) mass is 1140 g/mol. The van der Waals surface area contributed by atoms with E-state index in [9.17, 15) is 28.8 Å². The number of likely N-dealkylation sites (tertiary alicyclic amines) is 2. The molecule has 0 bridgehead atoms. The van der Waals surface area contributed by atoms with Crippen molar-refractivity contribution in [3.05, 3.63) is 82.1 Å². The van der Waals surface area contributed by atoms with Crippen LogP contribution in [0.5, 0.6) is 0 Å². The molecule has 0 unspecified atom stereocenters. The Morgan fingerprint density at radius 1 is 0.537 bits per heavy atom. The van der Waals surface area contributed by atoms with Crippen LogP contribution in [0, 0.1) is 24.7 Å². The summed E-state index contributed by atoms with van der Waals surface area (Å²) in [6, 6.07) is 13.2. The van der Waals surface area contributed by atoms with Crippen LogP contribution in [0.3, 0.4) is 0 Å². The molecule has 6 amide bonds. The number of rotatable bonds is 31. The molecule has 4 aromatic rings. The van der Waals surface area contributed by atoms with Gasteiger partial charge in [-0.2, -0.15) is 0 Å². The number of aromatic nitrogens is 2. The Kier molecular flexibility index (Phi) is 25.0. The van der Waals surface area contributed by atoms with Gasteiger partial charge in [0.25, 0.3) is 0 Å². The molecule has 6 rings (SSSR count). The van der Waals surface area contributed by atoms with Crippen molar-refractivity contribution in [2.75, 3.05) is 65.9 Å². The molecule has 2 saturated heterocycles. The van der Waals surface area contributed by atoms with Crippen molar-refractivity contribution in [1.82, 2.24) is 41.0 Å². The lowest BCUT2D eigenvalue weighted by Gasteiger charge is -2.35. The number of carbonyl (C=O) groups excluding carboxylic acids is 6. The number of nitrogens with zero attached hydrogens (tertiary/aromatic N) is 4. The second kappa shape index (κ2) is 31.5. The highest BCUT2D eigenvalue weighted by Gasteiger charge is 2.43. The fourth-order valence-corrected chi connectivity index (χ4v) is 11.3. The standard InChI is InChI=1S/C60H86N8O10S2/c1-41-51(79-39-63-41)45-23-19-43(20-24-45)35-61-55(71)47-17-15-27-67(47)57(73)53(59(3,4)5)65-49(69)37-77-33-13-11-31-75-29-9-10-30-76-32-12-14-34-78-38-50(70)66-54(60(6,7)8)58(74)68-28-16-18-48(68)56(72)62-36-44-21-25-46(26-22-44)52-42(2)64-40-80-52/h19-26,39-40,47-48,53-54H,9-18,27-38H2,1-8H3,(H,61,71)(H,62,72)(H,65,69)(H,66,70)/t47-,48-,53+,54+/m0/s1. The summed E-state index contributed by atoms with van der Waals surface area (Å²) in [5, 5.41) is 11.8. The molecule has 18 nitrogen and oxygen atoms in total. The number of amides is 6. The largest absolute Gasteiger partial charge is 0.381 e. The van der Waals surface area contributed by atoms with Crippen LogP contribution in [0.15, 0.2) is 59.6 Å². The Hall–Kier alpha value is -5.64. The maximum absolute atomic E-state index is 13.9. The van der Waals surface area contributed by atoms with E-state index in [4.69, 9.17) is 18.9 Å². The summed E-state index contributed by atoms with van der Waals surface area (Å²) in [4.78, 5) is 94.8. The Morgan fingerprint density at radius 3 is 1.19 bits per heavy atom.